The number of aryl methyl sites for hydroxylation is 2. The number of aliphatic imine (C=N–C) groups is 1. The zero-order valence-electron chi connectivity index (χ0n) is 17.7. The molecule has 0 fully saturated rings. The molecule has 0 bridgehead atoms. The Bertz CT molecular complexity index is 1110. The van der Waals surface area contributed by atoms with Gasteiger partial charge in [0.1, 0.15) is 6.61 Å². The molecule has 3 rings (SSSR count). The van der Waals surface area contributed by atoms with Gasteiger partial charge in [0.05, 0.1) is 21.4 Å². The summed E-state index contributed by atoms with van der Waals surface area (Å²) in [5.74, 6) is 0.367. The van der Waals surface area contributed by atoms with E-state index in [0.29, 0.717) is 24.7 Å². The van der Waals surface area contributed by atoms with Crippen LogP contribution in [0.2, 0.25) is 0 Å². The third-order valence-corrected chi connectivity index (χ3v) is 5.43. The van der Waals surface area contributed by atoms with Gasteiger partial charge in [-0.2, -0.15) is 0 Å². The van der Waals surface area contributed by atoms with Crippen LogP contribution in [0, 0.1) is 17.4 Å². The maximum Gasteiger partial charge on any atom is 0.335 e. The number of carboxylic acid groups (broad SMARTS) is 1. The Morgan fingerprint density at radius 1 is 1.06 bits per heavy atom. The summed E-state index contributed by atoms with van der Waals surface area (Å²) >= 11 is 2.23. The number of halogens is 1. The van der Waals surface area contributed by atoms with Crippen molar-refractivity contribution in [2.45, 2.75) is 27.4 Å². The normalized spacial score (nSPS) is 11.0. The fourth-order valence-electron chi connectivity index (χ4n) is 2.97. The van der Waals surface area contributed by atoms with E-state index in [9.17, 15) is 4.79 Å². The number of aromatic carboxylic acids is 1. The van der Waals surface area contributed by atoms with Gasteiger partial charge < -0.3 is 14.6 Å². The van der Waals surface area contributed by atoms with Crippen molar-refractivity contribution in [2.75, 3.05) is 6.61 Å². The van der Waals surface area contributed by atoms with Gasteiger partial charge in [-0.25, -0.2) is 4.79 Å². The lowest BCUT2D eigenvalue weighted by Crippen LogP contribution is -2.03. The molecule has 3 aromatic rings. The summed E-state index contributed by atoms with van der Waals surface area (Å²) in [5.41, 5.74) is 5.28. The summed E-state index contributed by atoms with van der Waals surface area (Å²) in [7, 11) is 0. The van der Waals surface area contributed by atoms with Gasteiger partial charge in [-0.3, -0.25) is 4.99 Å². The number of carbonyl (C=O) groups is 1. The molecular weight excluding hydrogens is 505 g/mol. The summed E-state index contributed by atoms with van der Waals surface area (Å²) in [6.07, 6.45) is 1.83. The molecule has 0 aliphatic rings. The molecule has 3 aromatic carbocycles. The predicted molar refractivity (Wildman–Crippen MR) is 131 cm³/mol. The third kappa shape index (κ3) is 6.07. The van der Waals surface area contributed by atoms with Crippen molar-refractivity contribution < 1.29 is 19.4 Å². The van der Waals surface area contributed by atoms with Crippen molar-refractivity contribution in [1.29, 1.82) is 0 Å². The highest BCUT2D eigenvalue weighted by atomic mass is 127. The average molecular weight is 529 g/mol. The topological polar surface area (TPSA) is 68.1 Å². The second kappa shape index (κ2) is 10.4. The second-order valence-corrected chi connectivity index (χ2v) is 8.26. The van der Waals surface area contributed by atoms with Gasteiger partial charge in [0.15, 0.2) is 11.5 Å². The summed E-state index contributed by atoms with van der Waals surface area (Å²) in [5, 5.41) is 9.03. The van der Waals surface area contributed by atoms with E-state index >= 15 is 0 Å². The lowest BCUT2D eigenvalue weighted by atomic mass is 10.1. The minimum atomic E-state index is -0.946. The van der Waals surface area contributed by atoms with Crippen molar-refractivity contribution in [3.05, 3.63) is 86.0 Å². The molecule has 160 valence electrons. The van der Waals surface area contributed by atoms with Gasteiger partial charge in [0.2, 0.25) is 0 Å². The standard InChI is InChI=1S/C25H24INO4/c1-4-30-23-13-19(14-27-22-11-16(2)5-6-17(22)3)12-21(26)24(23)31-15-18-7-9-20(10-8-18)25(28)29/h5-14H,4,15H2,1-3H3,(H,28,29). The molecule has 0 aliphatic carbocycles. The molecule has 0 radical (unpaired) electrons. The molecular formula is C25H24INO4. The first-order valence-electron chi connectivity index (χ1n) is 9.90. The molecule has 1 N–H and O–H groups in total. The van der Waals surface area contributed by atoms with Crippen LogP contribution in [0.5, 0.6) is 11.5 Å². The number of hydrogen-bond acceptors (Lipinski definition) is 4. The monoisotopic (exact) mass is 529 g/mol. The van der Waals surface area contributed by atoms with Gasteiger partial charge in [0.25, 0.3) is 0 Å². The fourth-order valence-corrected chi connectivity index (χ4v) is 3.75. The molecule has 0 aliphatic heterocycles. The summed E-state index contributed by atoms with van der Waals surface area (Å²) < 4.78 is 12.8. The SMILES string of the molecule is CCOc1cc(C=Nc2cc(C)ccc2C)cc(I)c1OCc1ccc(C(=O)O)cc1. The molecule has 0 amide bonds. The van der Waals surface area contributed by atoms with Gasteiger partial charge in [-0.1, -0.05) is 24.3 Å². The average Bonchev–Trinajstić information content (AvgIpc) is 2.74. The highest BCUT2D eigenvalue weighted by Gasteiger charge is 2.13. The molecule has 0 unspecified atom stereocenters. The molecule has 0 saturated carbocycles. The Labute approximate surface area is 195 Å². The number of hydrogen-bond donors (Lipinski definition) is 1. The van der Waals surface area contributed by atoms with Crippen molar-refractivity contribution in [3.63, 3.8) is 0 Å². The number of nitrogens with zero attached hydrogens (tertiary/aromatic N) is 1. The molecule has 0 saturated heterocycles. The van der Waals surface area contributed by atoms with Crippen LogP contribution in [0.1, 0.15) is 39.5 Å². The van der Waals surface area contributed by atoms with Crippen LogP contribution in [0.3, 0.4) is 0 Å². The van der Waals surface area contributed by atoms with Crippen LogP contribution in [0.15, 0.2) is 59.6 Å². The molecule has 0 spiro atoms. The zero-order valence-corrected chi connectivity index (χ0v) is 19.8. The lowest BCUT2D eigenvalue weighted by Gasteiger charge is -2.15. The lowest BCUT2D eigenvalue weighted by molar-refractivity contribution is 0.0697. The molecule has 31 heavy (non-hydrogen) atoms. The van der Waals surface area contributed by atoms with Gasteiger partial charge in [0, 0.05) is 6.21 Å². The minimum absolute atomic E-state index is 0.251. The summed E-state index contributed by atoms with van der Waals surface area (Å²) in [6, 6.07) is 16.8. The van der Waals surface area contributed by atoms with E-state index in [0.717, 1.165) is 25.9 Å². The highest BCUT2D eigenvalue weighted by Crippen LogP contribution is 2.35. The number of ether oxygens (including phenoxy) is 2. The number of carboxylic acids is 1. The van der Waals surface area contributed by atoms with Crippen molar-refractivity contribution >= 4 is 40.5 Å². The molecule has 0 atom stereocenters. The second-order valence-electron chi connectivity index (χ2n) is 7.10. The predicted octanol–water partition coefficient (Wildman–Crippen LogP) is 6.33. The van der Waals surface area contributed by atoms with E-state index < -0.39 is 5.97 Å². The van der Waals surface area contributed by atoms with Gasteiger partial charge >= 0.3 is 5.97 Å². The quantitative estimate of drug-likeness (QED) is 0.274. The van der Waals surface area contributed by atoms with Crippen LogP contribution in [-0.2, 0) is 6.61 Å². The molecule has 0 aromatic heterocycles. The van der Waals surface area contributed by atoms with E-state index in [-0.39, 0.29) is 5.56 Å². The molecule has 0 heterocycles. The Morgan fingerprint density at radius 3 is 2.48 bits per heavy atom. The van der Waals surface area contributed by atoms with Crippen LogP contribution in [-0.4, -0.2) is 23.9 Å². The first-order valence-corrected chi connectivity index (χ1v) is 11.0. The first-order chi connectivity index (χ1) is 14.9. The van der Waals surface area contributed by atoms with Crippen molar-refractivity contribution in [1.82, 2.24) is 0 Å². The fraction of sp³-hybridized carbons (Fsp3) is 0.200. The zero-order chi connectivity index (χ0) is 22.4. The van der Waals surface area contributed by atoms with E-state index in [2.05, 4.69) is 52.7 Å². The Kier molecular flexibility index (Phi) is 7.68. The van der Waals surface area contributed by atoms with Crippen LogP contribution in [0.4, 0.5) is 5.69 Å². The van der Waals surface area contributed by atoms with Crippen LogP contribution < -0.4 is 9.47 Å². The van der Waals surface area contributed by atoms with E-state index in [1.807, 2.05) is 32.2 Å². The van der Waals surface area contributed by atoms with E-state index in [1.165, 1.54) is 5.56 Å². The Balaban J connectivity index is 1.82. The summed E-state index contributed by atoms with van der Waals surface area (Å²) in [6.45, 7) is 6.85. The molecule has 5 nitrogen and oxygen atoms in total. The van der Waals surface area contributed by atoms with Crippen LogP contribution in [0.25, 0.3) is 0 Å². The Hall–Kier alpha value is -2.87. The molecule has 6 heteroatoms. The van der Waals surface area contributed by atoms with E-state index in [1.54, 1.807) is 24.3 Å². The number of rotatable bonds is 8. The van der Waals surface area contributed by atoms with Crippen molar-refractivity contribution in [3.8, 4) is 11.5 Å². The van der Waals surface area contributed by atoms with Crippen LogP contribution >= 0.6 is 22.6 Å². The smallest absolute Gasteiger partial charge is 0.335 e. The summed E-state index contributed by atoms with van der Waals surface area (Å²) in [4.78, 5) is 15.7. The maximum atomic E-state index is 11.0. The van der Waals surface area contributed by atoms with E-state index in [4.69, 9.17) is 14.6 Å². The first kappa shape index (κ1) is 22.8. The Morgan fingerprint density at radius 2 is 1.81 bits per heavy atom. The van der Waals surface area contributed by atoms with Gasteiger partial charge in [-0.15, -0.1) is 0 Å². The van der Waals surface area contributed by atoms with Gasteiger partial charge in [-0.05, 0) is 95.9 Å². The third-order valence-electron chi connectivity index (χ3n) is 4.63. The van der Waals surface area contributed by atoms with Crippen molar-refractivity contribution in [2.24, 2.45) is 4.99 Å². The largest absolute Gasteiger partial charge is 0.490 e. The maximum absolute atomic E-state index is 11.0. The highest BCUT2D eigenvalue weighted by molar-refractivity contribution is 14.1. The minimum Gasteiger partial charge on any atom is -0.490 e. The number of benzene rings is 3.